The molecule has 0 bridgehead atoms. The minimum absolute atomic E-state index is 0.0952. The summed E-state index contributed by atoms with van der Waals surface area (Å²) in [6, 6.07) is 0. The molecule has 0 aromatic carbocycles. The van der Waals surface area contributed by atoms with Crippen LogP contribution in [0.25, 0.3) is 0 Å². The maximum Gasteiger partial charge on any atom is 0.241 e. The minimum atomic E-state index is -0.995. The van der Waals surface area contributed by atoms with Gasteiger partial charge in [-0.25, -0.2) is 4.98 Å². The fourth-order valence-electron chi connectivity index (χ4n) is 2.62. The second kappa shape index (κ2) is 5.71. The molecule has 0 saturated carbocycles. The van der Waals surface area contributed by atoms with E-state index in [1.807, 2.05) is 0 Å². The van der Waals surface area contributed by atoms with Crippen molar-refractivity contribution in [2.75, 3.05) is 27.3 Å². The topological polar surface area (TPSA) is 76.5 Å². The molecule has 1 aliphatic rings. The molecule has 0 amide bonds. The third kappa shape index (κ3) is 2.50. The van der Waals surface area contributed by atoms with Gasteiger partial charge in [-0.15, -0.1) is 0 Å². The molecule has 0 aliphatic carbocycles. The quantitative estimate of drug-likeness (QED) is 0.836. The van der Waals surface area contributed by atoms with Crippen molar-refractivity contribution in [1.29, 1.82) is 0 Å². The lowest BCUT2D eigenvalue weighted by Crippen LogP contribution is -2.48. The fraction of sp³-hybridized carbons (Fsp3) is 0.692. The molecule has 0 spiro atoms. The Morgan fingerprint density at radius 3 is 2.89 bits per heavy atom. The van der Waals surface area contributed by atoms with Crippen LogP contribution in [-0.4, -0.2) is 42.4 Å². The van der Waals surface area contributed by atoms with Crippen LogP contribution in [0.15, 0.2) is 6.20 Å². The normalized spacial score (nSPS) is 27.1. The van der Waals surface area contributed by atoms with Gasteiger partial charge in [0.2, 0.25) is 11.8 Å². The molecular formula is C13H21N3O3. The van der Waals surface area contributed by atoms with Crippen LogP contribution in [-0.2, 0) is 5.60 Å². The van der Waals surface area contributed by atoms with Crippen molar-refractivity contribution in [3.8, 4) is 11.8 Å². The summed E-state index contributed by atoms with van der Waals surface area (Å²) in [4.78, 5) is 8.54. The molecule has 2 atom stereocenters. The van der Waals surface area contributed by atoms with Gasteiger partial charge in [0.05, 0.1) is 20.4 Å². The summed E-state index contributed by atoms with van der Waals surface area (Å²) < 4.78 is 10.3. The Morgan fingerprint density at radius 2 is 2.26 bits per heavy atom. The molecule has 1 aliphatic heterocycles. The Kier molecular flexibility index (Phi) is 4.21. The number of ether oxygens (including phenoxy) is 2. The van der Waals surface area contributed by atoms with E-state index in [2.05, 4.69) is 22.2 Å². The first-order valence-electron chi connectivity index (χ1n) is 6.54. The van der Waals surface area contributed by atoms with E-state index in [1.54, 1.807) is 0 Å². The van der Waals surface area contributed by atoms with Crippen LogP contribution < -0.4 is 14.8 Å². The smallest absolute Gasteiger partial charge is 0.241 e. The number of piperidine rings is 1. The van der Waals surface area contributed by atoms with E-state index in [0.29, 0.717) is 23.9 Å². The second-order valence-electron chi connectivity index (χ2n) is 4.75. The first kappa shape index (κ1) is 14.0. The average Bonchev–Trinajstić information content (AvgIpc) is 2.46. The van der Waals surface area contributed by atoms with Gasteiger partial charge in [0.1, 0.15) is 11.3 Å². The zero-order valence-electron chi connectivity index (χ0n) is 11.6. The largest absolute Gasteiger partial charge is 0.480 e. The van der Waals surface area contributed by atoms with E-state index >= 15 is 0 Å². The minimum Gasteiger partial charge on any atom is -0.480 e. The second-order valence-corrected chi connectivity index (χ2v) is 4.75. The molecule has 106 valence electrons. The van der Waals surface area contributed by atoms with Gasteiger partial charge in [-0.3, -0.25) is 0 Å². The van der Waals surface area contributed by atoms with E-state index in [1.165, 1.54) is 20.4 Å². The van der Waals surface area contributed by atoms with Crippen molar-refractivity contribution in [2.24, 2.45) is 5.92 Å². The number of rotatable bonds is 4. The summed E-state index contributed by atoms with van der Waals surface area (Å²) in [6.07, 6.45) is 2.98. The summed E-state index contributed by atoms with van der Waals surface area (Å²) >= 11 is 0. The van der Waals surface area contributed by atoms with Crippen LogP contribution in [0.3, 0.4) is 0 Å². The highest BCUT2D eigenvalue weighted by atomic mass is 16.5. The van der Waals surface area contributed by atoms with Crippen LogP contribution in [0.5, 0.6) is 11.8 Å². The van der Waals surface area contributed by atoms with Crippen molar-refractivity contribution >= 4 is 0 Å². The third-order valence-corrected chi connectivity index (χ3v) is 3.77. The lowest BCUT2D eigenvalue weighted by molar-refractivity contribution is -0.0536. The van der Waals surface area contributed by atoms with Gasteiger partial charge in [0, 0.05) is 12.5 Å². The van der Waals surface area contributed by atoms with Gasteiger partial charge < -0.3 is 19.9 Å². The van der Waals surface area contributed by atoms with Gasteiger partial charge in [0.25, 0.3) is 0 Å². The van der Waals surface area contributed by atoms with E-state index in [-0.39, 0.29) is 5.92 Å². The molecule has 0 radical (unpaired) electrons. The first-order chi connectivity index (χ1) is 9.15. The maximum absolute atomic E-state index is 11.0. The average molecular weight is 267 g/mol. The van der Waals surface area contributed by atoms with Gasteiger partial charge in [0.15, 0.2) is 0 Å². The van der Waals surface area contributed by atoms with Gasteiger partial charge in [-0.1, -0.05) is 6.92 Å². The summed E-state index contributed by atoms with van der Waals surface area (Å²) in [5.41, 5.74) is -0.492. The van der Waals surface area contributed by atoms with Gasteiger partial charge >= 0.3 is 0 Å². The lowest BCUT2D eigenvalue weighted by atomic mass is 9.77. The van der Waals surface area contributed by atoms with E-state index in [4.69, 9.17) is 9.47 Å². The predicted molar refractivity (Wildman–Crippen MR) is 70.3 cm³/mol. The third-order valence-electron chi connectivity index (χ3n) is 3.77. The molecule has 6 heteroatoms. The molecule has 19 heavy (non-hydrogen) atoms. The molecule has 1 fully saturated rings. The SMILES string of the molecule is CCC1CNCCC1(O)c1ncc(OC)nc1OC. The number of methoxy groups -OCH3 is 2. The molecule has 2 N–H and O–H groups in total. The van der Waals surface area contributed by atoms with E-state index < -0.39 is 5.60 Å². The zero-order chi connectivity index (χ0) is 13.9. The highest BCUT2D eigenvalue weighted by Gasteiger charge is 2.43. The van der Waals surface area contributed by atoms with Crippen LogP contribution >= 0.6 is 0 Å². The highest BCUT2D eigenvalue weighted by molar-refractivity contribution is 5.29. The van der Waals surface area contributed by atoms with Crippen LogP contribution in [0, 0.1) is 5.92 Å². The summed E-state index contributed by atoms with van der Waals surface area (Å²) in [5, 5.41) is 14.3. The first-order valence-corrected chi connectivity index (χ1v) is 6.54. The van der Waals surface area contributed by atoms with Crippen molar-refractivity contribution < 1.29 is 14.6 Å². The van der Waals surface area contributed by atoms with E-state index in [0.717, 1.165) is 19.5 Å². The summed E-state index contributed by atoms with van der Waals surface area (Å²) in [7, 11) is 3.05. The standard InChI is InChI=1S/C13H21N3O3/c1-4-9-7-14-6-5-13(9,17)11-12(19-3)16-10(18-2)8-15-11/h8-9,14,17H,4-7H2,1-3H3. The van der Waals surface area contributed by atoms with Crippen molar-refractivity contribution in [2.45, 2.75) is 25.4 Å². The van der Waals surface area contributed by atoms with Crippen molar-refractivity contribution in [3.63, 3.8) is 0 Å². The Labute approximate surface area is 113 Å². The Morgan fingerprint density at radius 1 is 1.47 bits per heavy atom. The number of hydrogen-bond donors (Lipinski definition) is 2. The Hall–Kier alpha value is -1.40. The number of aromatic nitrogens is 2. The number of nitrogens with zero attached hydrogens (tertiary/aromatic N) is 2. The Balaban J connectivity index is 2.43. The summed E-state index contributed by atoms with van der Waals surface area (Å²) in [5.74, 6) is 0.811. The fourth-order valence-corrected chi connectivity index (χ4v) is 2.62. The number of nitrogens with one attached hydrogen (secondary N) is 1. The zero-order valence-corrected chi connectivity index (χ0v) is 11.6. The molecule has 1 aromatic rings. The van der Waals surface area contributed by atoms with Crippen LogP contribution in [0.1, 0.15) is 25.5 Å². The monoisotopic (exact) mass is 267 g/mol. The molecule has 1 aromatic heterocycles. The van der Waals surface area contributed by atoms with Crippen molar-refractivity contribution in [1.82, 2.24) is 15.3 Å². The van der Waals surface area contributed by atoms with Gasteiger partial charge in [-0.2, -0.15) is 4.98 Å². The molecule has 2 unspecified atom stereocenters. The molecule has 1 saturated heterocycles. The number of aliphatic hydroxyl groups is 1. The van der Waals surface area contributed by atoms with Crippen molar-refractivity contribution in [3.05, 3.63) is 11.9 Å². The predicted octanol–water partition coefficient (Wildman–Crippen LogP) is 0.701. The maximum atomic E-state index is 11.0. The number of hydrogen-bond acceptors (Lipinski definition) is 6. The van der Waals surface area contributed by atoms with E-state index in [9.17, 15) is 5.11 Å². The summed E-state index contributed by atoms with van der Waals surface area (Å²) in [6.45, 7) is 3.58. The molecule has 2 rings (SSSR count). The van der Waals surface area contributed by atoms with Crippen LogP contribution in [0.4, 0.5) is 0 Å². The Bertz CT molecular complexity index is 441. The van der Waals surface area contributed by atoms with Crippen LogP contribution in [0.2, 0.25) is 0 Å². The molecule has 6 nitrogen and oxygen atoms in total. The van der Waals surface area contributed by atoms with Gasteiger partial charge in [-0.05, 0) is 19.4 Å². The highest BCUT2D eigenvalue weighted by Crippen LogP contribution is 2.39. The molecule has 2 heterocycles. The lowest BCUT2D eigenvalue weighted by Gasteiger charge is -2.39. The molecular weight excluding hydrogens is 246 g/mol.